The molecule has 2 aromatic heterocycles. The zero-order valence-electron chi connectivity index (χ0n) is 14.9. The van der Waals surface area contributed by atoms with Crippen LogP contribution in [0.4, 0.5) is 0 Å². The lowest BCUT2D eigenvalue weighted by Crippen LogP contribution is -2.37. The normalized spacial score (nSPS) is 11.4. The Morgan fingerprint density at radius 2 is 1.92 bits per heavy atom. The molecule has 6 nitrogen and oxygen atoms in total. The molecule has 0 spiro atoms. The summed E-state index contributed by atoms with van der Waals surface area (Å²) in [6.07, 6.45) is 0.212. The van der Waals surface area contributed by atoms with Gasteiger partial charge in [-0.05, 0) is 45.3 Å². The second-order valence-electron chi connectivity index (χ2n) is 6.43. The fraction of sp³-hybridized carbons (Fsp3) is 0.368. The first-order valence-corrected chi connectivity index (χ1v) is 8.34. The lowest BCUT2D eigenvalue weighted by Gasteiger charge is -2.23. The topological polar surface area (TPSA) is 62.7 Å². The number of rotatable bonds is 7. The highest BCUT2D eigenvalue weighted by molar-refractivity contribution is 5.86. The van der Waals surface area contributed by atoms with E-state index in [1.807, 2.05) is 62.3 Å². The number of hydrogen-bond donors (Lipinski definition) is 0. The summed E-state index contributed by atoms with van der Waals surface area (Å²) in [5.74, 6) is 1.64. The predicted molar refractivity (Wildman–Crippen MR) is 95.1 cm³/mol. The van der Waals surface area contributed by atoms with Gasteiger partial charge in [-0.25, -0.2) is 0 Å². The van der Waals surface area contributed by atoms with E-state index >= 15 is 0 Å². The van der Waals surface area contributed by atoms with Gasteiger partial charge in [-0.1, -0.05) is 17.3 Å². The van der Waals surface area contributed by atoms with E-state index in [9.17, 15) is 4.79 Å². The van der Waals surface area contributed by atoms with Gasteiger partial charge in [0.05, 0.1) is 13.0 Å². The third-order valence-electron chi connectivity index (χ3n) is 4.08. The Bertz CT molecular complexity index is 850. The molecule has 0 atom stereocenters. The van der Waals surface area contributed by atoms with E-state index < -0.39 is 0 Å². The zero-order valence-corrected chi connectivity index (χ0v) is 14.9. The molecule has 6 heteroatoms. The van der Waals surface area contributed by atoms with Gasteiger partial charge in [0.15, 0.2) is 5.58 Å². The summed E-state index contributed by atoms with van der Waals surface area (Å²) >= 11 is 0. The minimum absolute atomic E-state index is 0.00922. The van der Waals surface area contributed by atoms with Crippen molar-refractivity contribution in [2.45, 2.75) is 19.9 Å². The van der Waals surface area contributed by atoms with Gasteiger partial charge in [-0.15, -0.1) is 0 Å². The van der Waals surface area contributed by atoms with Crippen LogP contribution in [0.3, 0.4) is 0 Å². The summed E-state index contributed by atoms with van der Waals surface area (Å²) in [5, 5.41) is 4.95. The maximum atomic E-state index is 12.9. The molecule has 2 heterocycles. The molecule has 0 aliphatic carbocycles. The molecule has 1 aromatic carbocycles. The molecular weight excluding hydrogens is 318 g/mol. The third-order valence-corrected chi connectivity index (χ3v) is 4.08. The highest BCUT2D eigenvalue weighted by atomic mass is 16.5. The van der Waals surface area contributed by atoms with Crippen LogP contribution in [0.2, 0.25) is 0 Å². The van der Waals surface area contributed by atoms with Gasteiger partial charge in [0.2, 0.25) is 5.91 Å². The average molecular weight is 341 g/mol. The summed E-state index contributed by atoms with van der Waals surface area (Å²) in [6, 6.07) is 11.4. The van der Waals surface area contributed by atoms with Gasteiger partial charge in [0.25, 0.3) is 0 Å². The number of aromatic nitrogens is 1. The molecule has 3 aromatic rings. The number of likely N-dealkylation sites (N-methyl/N-ethyl adjacent to an activating group) is 1. The second-order valence-corrected chi connectivity index (χ2v) is 6.43. The molecule has 0 unspecified atom stereocenters. The van der Waals surface area contributed by atoms with Crippen molar-refractivity contribution in [2.75, 3.05) is 27.2 Å². The first-order valence-electron chi connectivity index (χ1n) is 8.34. The molecule has 0 saturated carbocycles. The largest absolute Gasteiger partial charge is 0.464 e. The molecular formula is C19H23N3O3. The lowest BCUT2D eigenvalue weighted by atomic mass is 10.1. The summed E-state index contributed by atoms with van der Waals surface area (Å²) in [7, 11) is 3.98. The van der Waals surface area contributed by atoms with Crippen molar-refractivity contribution in [3.63, 3.8) is 0 Å². The summed E-state index contributed by atoms with van der Waals surface area (Å²) in [6.45, 7) is 3.76. The molecule has 0 N–H and O–H groups in total. The van der Waals surface area contributed by atoms with Crippen LogP contribution in [0.5, 0.6) is 0 Å². The monoisotopic (exact) mass is 341 g/mol. The number of carbonyl (C=O) groups is 1. The van der Waals surface area contributed by atoms with Gasteiger partial charge in [-0.3, -0.25) is 4.79 Å². The molecule has 0 fully saturated rings. The molecule has 0 radical (unpaired) electrons. The maximum absolute atomic E-state index is 12.9. The van der Waals surface area contributed by atoms with Crippen LogP contribution in [0, 0.1) is 6.92 Å². The highest BCUT2D eigenvalue weighted by Gasteiger charge is 2.19. The second kappa shape index (κ2) is 7.53. The molecule has 0 saturated heterocycles. The Kier molecular flexibility index (Phi) is 5.19. The summed E-state index contributed by atoms with van der Waals surface area (Å²) in [5.41, 5.74) is 1.37. The van der Waals surface area contributed by atoms with E-state index in [1.54, 1.807) is 0 Å². The molecule has 0 aliphatic heterocycles. The number of benzene rings is 1. The van der Waals surface area contributed by atoms with Crippen LogP contribution >= 0.6 is 0 Å². The van der Waals surface area contributed by atoms with Crippen molar-refractivity contribution < 1.29 is 13.7 Å². The molecule has 0 aliphatic rings. The first kappa shape index (κ1) is 17.2. The smallest absolute Gasteiger partial charge is 0.229 e. The average Bonchev–Trinajstić information content (AvgIpc) is 3.18. The molecule has 25 heavy (non-hydrogen) atoms. The molecule has 0 bridgehead atoms. The maximum Gasteiger partial charge on any atom is 0.229 e. The van der Waals surface area contributed by atoms with Crippen LogP contribution in [0.15, 0.2) is 45.3 Å². The number of hydrogen-bond acceptors (Lipinski definition) is 5. The van der Waals surface area contributed by atoms with Crippen molar-refractivity contribution in [1.82, 2.24) is 15.0 Å². The Morgan fingerprint density at radius 1 is 1.12 bits per heavy atom. The van der Waals surface area contributed by atoms with E-state index in [-0.39, 0.29) is 12.3 Å². The minimum atomic E-state index is 0.00922. The van der Waals surface area contributed by atoms with Crippen molar-refractivity contribution in [1.29, 1.82) is 0 Å². The summed E-state index contributed by atoms with van der Waals surface area (Å²) < 4.78 is 10.9. The number of carbonyl (C=O) groups excluding carboxylic acids is 1. The van der Waals surface area contributed by atoms with Crippen LogP contribution in [-0.4, -0.2) is 48.0 Å². The van der Waals surface area contributed by atoms with E-state index in [0.717, 1.165) is 23.5 Å². The van der Waals surface area contributed by atoms with Crippen LogP contribution < -0.4 is 0 Å². The Labute approximate surface area is 147 Å². The van der Waals surface area contributed by atoms with Gasteiger partial charge < -0.3 is 18.7 Å². The van der Waals surface area contributed by atoms with Crippen molar-refractivity contribution in [2.24, 2.45) is 0 Å². The van der Waals surface area contributed by atoms with Gasteiger partial charge in [-0.2, -0.15) is 0 Å². The Morgan fingerprint density at radius 3 is 2.64 bits per heavy atom. The molecule has 132 valence electrons. The van der Waals surface area contributed by atoms with E-state index in [2.05, 4.69) is 10.1 Å². The number of fused-ring (bicyclic) bond motifs is 1. The van der Waals surface area contributed by atoms with Gasteiger partial charge >= 0.3 is 0 Å². The van der Waals surface area contributed by atoms with E-state index in [4.69, 9.17) is 8.94 Å². The van der Waals surface area contributed by atoms with E-state index in [1.165, 1.54) is 0 Å². The predicted octanol–water partition coefficient (Wildman–Crippen LogP) is 2.86. The van der Waals surface area contributed by atoms with Crippen LogP contribution in [0.25, 0.3) is 11.0 Å². The van der Waals surface area contributed by atoms with Crippen LogP contribution in [-0.2, 0) is 17.8 Å². The van der Waals surface area contributed by atoms with E-state index in [0.29, 0.717) is 24.4 Å². The fourth-order valence-corrected chi connectivity index (χ4v) is 2.69. The SMILES string of the molecule is Cc1ccc(CN(CCN(C)C)C(=O)Cc2noc3ccccc23)o1. The number of amides is 1. The number of para-hydroxylation sites is 1. The first-order chi connectivity index (χ1) is 12.0. The lowest BCUT2D eigenvalue weighted by molar-refractivity contribution is -0.131. The standard InChI is InChI=1S/C19H23N3O3/c1-14-8-9-15(24-14)13-22(11-10-21(2)3)19(23)12-17-16-6-4-5-7-18(16)25-20-17/h4-9H,10-13H2,1-3H3. The van der Waals surface area contributed by atoms with Gasteiger partial charge in [0, 0.05) is 18.5 Å². The Balaban J connectivity index is 1.75. The number of nitrogens with zero attached hydrogens (tertiary/aromatic N) is 3. The van der Waals surface area contributed by atoms with Crippen LogP contribution in [0.1, 0.15) is 17.2 Å². The molecule has 1 amide bonds. The van der Waals surface area contributed by atoms with Crippen molar-refractivity contribution >= 4 is 16.9 Å². The van der Waals surface area contributed by atoms with Crippen molar-refractivity contribution in [3.05, 3.63) is 53.6 Å². The third kappa shape index (κ3) is 4.28. The minimum Gasteiger partial charge on any atom is -0.464 e. The highest BCUT2D eigenvalue weighted by Crippen LogP contribution is 2.19. The van der Waals surface area contributed by atoms with Gasteiger partial charge in [0.1, 0.15) is 17.2 Å². The quantitative estimate of drug-likeness (QED) is 0.661. The Hall–Kier alpha value is -2.60. The fourth-order valence-electron chi connectivity index (χ4n) is 2.69. The number of aryl methyl sites for hydroxylation is 1. The summed E-state index contributed by atoms with van der Waals surface area (Å²) in [4.78, 5) is 16.7. The molecule has 3 rings (SSSR count). The zero-order chi connectivity index (χ0) is 17.8. The number of furan rings is 1. The van der Waals surface area contributed by atoms with Crippen molar-refractivity contribution in [3.8, 4) is 0 Å².